The van der Waals surface area contributed by atoms with Gasteiger partial charge in [0, 0.05) is 24.7 Å². The number of guanidine groups is 1. The van der Waals surface area contributed by atoms with Crippen molar-refractivity contribution >= 4 is 16.9 Å². The maximum Gasteiger partial charge on any atom is 0.387 e. The molecule has 8 heteroatoms. The second kappa shape index (κ2) is 10.5. The molecule has 1 atom stereocenters. The number of aliphatic hydroxyl groups is 1. The van der Waals surface area contributed by atoms with Gasteiger partial charge < -0.3 is 20.5 Å². The fourth-order valence-corrected chi connectivity index (χ4v) is 2.98. The summed E-state index contributed by atoms with van der Waals surface area (Å²) in [6.45, 7) is 0.404. The van der Waals surface area contributed by atoms with Crippen LogP contribution in [-0.2, 0) is 6.54 Å². The van der Waals surface area contributed by atoms with Gasteiger partial charge in [-0.15, -0.1) is 0 Å². The van der Waals surface area contributed by atoms with Crippen molar-refractivity contribution in [2.24, 2.45) is 4.99 Å². The van der Waals surface area contributed by atoms with Crippen LogP contribution in [0.5, 0.6) is 5.75 Å². The molecule has 0 spiro atoms. The van der Waals surface area contributed by atoms with E-state index in [1.54, 1.807) is 18.3 Å². The molecular weight excluding hydrogens is 390 g/mol. The average Bonchev–Trinajstić information content (AvgIpc) is 2.75. The third-order valence-corrected chi connectivity index (χ3v) is 4.44. The Morgan fingerprint density at radius 1 is 1.10 bits per heavy atom. The standard InChI is InChI=1S/C22H24F2N4O2/c1-2-25-22(27-13-16-11-12-26-19-6-4-3-5-18(16)19)28-14-20(29)15-7-9-17(10-8-15)30-21(23)24/h3-12,20-21,29H,2,13-14H2,1H3,(H2,25,27,28). The SMILES string of the molecule is CCNC(=NCc1ccnc2ccccc12)NCC(O)c1ccc(OC(F)F)cc1. The van der Waals surface area contributed by atoms with Gasteiger partial charge in [-0.1, -0.05) is 30.3 Å². The molecule has 0 bridgehead atoms. The number of pyridine rings is 1. The molecule has 0 saturated carbocycles. The second-order valence-electron chi connectivity index (χ2n) is 6.53. The van der Waals surface area contributed by atoms with Crippen LogP contribution in [0.3, 0.4) is 0 Å². The molecule has 0 aliphatic carbocycles. The van der Waals surface area contributed by atoms with Gasteiger partial charge in [0.05, 0.1) is 18.2 Å². The minimum atomic E-state index is -2.88. The van der Waals surface area contributed by atoms with Crippen LogP contribution in [0.25, 0.3) is 10.9 Å². The summed E-state index contributed by atoms with van der Waals surface area (Å²) in [5.41, 5.74) is 2.55. The predicted molar refractivity (Wildman–Crippen MR) is 113 cm³/mol. The molecule has 30 heavy (non-hydrogen) atoms. The number of para-hydroxylation sites is 1. The zero-order valence-corrected chi connectivity index (χ0v) is 16.6. The Kier molecular flexibility index (Phi) is 7.51. The van der Waals surface area contributed by atoms with Crippen LogP contribution in [0.2, 0.25) is 0 Å². The van der Waals surface area contributed by atoms with E-state index in [1.807, 2.05) is 37.3 Å². The Hall–Kier alpha value is -3.26. The van der Waals surface area contributed by atoms with Gasteiger partial charge in [-0.3, -0.25) is 4.98 Å². The van der Waals surface area contributed by atoms with Crippen molar-refractivity contribution < 1.29 is 18.6 Å². The molecule has 0 fully saturated rings. The first-order chi connectivity index (χ1) is 14.6. The first-order valence-corrected chi connectivity index (χ1v) is 9.64. The van der Waals surface area contributed by atoms with Crippen LogP contribution >= 0.6 is 0 Å². The summed E-state index contributed by atoms with van der Waals surface area (Å²) in [4.78, 5) is 8.96. The van der Waals surface area contributed by atoms with Crippen molar-refractivity contribution in [2.45, 2.75) is 26.2 Å². The molecule has 3 rings (SSSR count). The highest BCUT2D eigenvalue weighted by Gasteiger charge is 2.10. The first-order valence-electron chi connectivity index (χ1n) is 9.64. The van der Waals surface area contributed by atoms with Crippen molar-refractivity contribution in [2.75, 3.05) is 13.1 Å². The van der Waals surface area contributed by atoms with Gasteiger partial charge in [0.2, 0.25) is 0 Å². The number of ether oxygens (including phenoxy) is 1. The van der Waals surface area contributed by atoms with Gasteiger partial charge in [-0.25, -0.2) is 4.99 Å². The Morgan fingerprint density at radius 3 is 2.60 bits per heavy atom. The zero-order valence-electron chi connectivity index (χ0n) is 16.6. The van der Waals surface area contributed by atoms with Crippen molar-refractivity contribution in [1.82, 2.24) is 15.6 Å². The maximum atomic E-state index is 12.2. The Balaban J connectivity index is 1.63. The number of benzene rings is 2. The minimum absolute atomic E-state index is 0.0494. The van der Waals surface area contributed by atoms with Crippen LogP contribution in [0, 0.1) is 0 Å². The number of rotatable bonds is 8. The number of fused-ring (bicyclic) bond motifs is 1. The summed E-state index contributed by atoms with van der Waals surface area (Å²) in [5, 5.41) is 17.7. The number of aromatic nitrogens is 1. The van der Waals surface area contributed by atoms with E-state index in [1.165, 1.54) is 12.1 Å². The van der Waals surface area contributed by atoms with E-state index in [-0.39, 0.29) is 12.3 Å². The molecule has 0 amide bonds. The van der Waals surface area contributed by atoms with Gasteiger partial charge in [-0.05, 0) is 42.3 Å². The quantitative estimate of drug-likeness (QED) is 0.388. The van der Waals surface area contributed by atoms with Crippen LogP contribution in [0.4, 0.5) is 8.78 Å². The van der Waals surface area contributed by atoms with Crippen LogP contribution < -0.4 is 15.4 Å². The minimum Gasteiger partial charge on any atom is -0.435 e. The number of aliphatic hydroxyl groups excluding tert-OH is 1. The Labute approximate surface area is 173 Å². The third kappa shape index (κ3) is 5.87. The van der Waals surface area contributed by atoms with E-state index in [2.05, 4.69) is 25.3 Å². The van der Waals surface area contributed by atoms with E-state index in [4.69, 9.17) is 0 Å². The number of hydrogen-bond donors (Lipinski definition) is 3. The molecule has 0 aliphatic rings. The predicted octanol–water partition coefficient (Wildman–Crippen LogP) is 3.62. The summed E-state index contributed by atoms with van der Waals surface area (Å²) >= 11 is 0. The number of aliphatic imine (C=N–C) groups is 1. The molecule has 6 nitrogen and oxygen atoms in total. The van der Waals surface area contributed by atoms with Crippen molar-refractivity contribution in [1.29, 1.82) is 0 Å². The molecule has 0 saturated heterocycles. The molecule has 0 radical (unpaired) electrons. The lowest BCUT2D eigenvalue weighted by molar-refractivity contribution is -0.0498. The molecule has 2 aromatic carbocycles. The average molecular weight is 414 g/mol. The summed E-state index contributed by atoms with van der Waals surface area (Å²) in [5.74, 6) is 0.614. The van der Waals surface area contributed by atoms with E-state index in [0.29, 0.717) is 24.6 Å². The molecule has 158 valence electrons. The lowest BCUT2D eigenvalue weighted by Crippen LogP contribution is -2.39. The number of hydrogen-bond acceptors (Lipinski definition) is 4. The highest BCUT2D eigenvalue weighted by molar-refractivity contribution is 5.83. The van der Waals surface area contributed by atoms with Crippen LogP contribution in [0.1, 0.15) is 24.2 Å². The molecule has 0 aliphatic heterocycles. The first kappa shape index (κ1) is 21.4. The highest BCUT2D eigenvalue weighted by atomic mass is 19.3. The van der Waals surface area contributed by atoms with Gasteiger partial charge >= 0.3 is 6.61 Å². The molecule has 1 heterocycles. The third-order valence-electron chi connectivity index (χ3n) is 4.44. The number of alkyl halides is 2. The molecule has 3 N–H and O–H groups in total. The number of nitrogens with one attached hydrogen (secondary N) is 2. The zero-order chi connectivity index (χ0) is 21.3. The molecule has 1 unspecified atom stereocenters. The topological polar surface area (TPSA) is 78.8 Å². The number of nitrogens with zero attached hydrogens (tertiary/aromatic N) is 2. The van der Waals surface area contributed by atoms with Crippen molar-refractivity contribution in [3.05, 3.63) is 71.9 Å². The molecular formula is C22H24F2N4O2. The fraction of sp³-hybridized carbons (Fsp3) is 0.273. The Bertz CT molecular complexity index is 975. The molecule has 3 aromatic rings. The van der Waals surface area contributed by atoms with Crippen LogP contribution in [-0.4, -0.2) is 35.8 Å². The van der Waals surface area contributed by atoms with Crippen molar-refractivity contribution in [3.63, 3.8) is 0 Å². The smallest absolute Gasteiger partial charge is 0.387 e. The molecule has 1 aromatic heterocycles. The van der Waals surface area contributed by atoms with E-state index in [9.17, 15) is 13.9 Å². The monoisotopic (exact) mass is 414 g/mol. The maximum absolute atomic E-state index is 12.2. The lowest BCUT2D eigenvalue weighted by atomic mass is 10.1. The van der Waals surface area contributed by atoms with Crippen molar-refractivity contribution in [3.8, 4) is 5.75 Å². The van der Waals surface area contributed by atoms with Gasteiger partial charge in [0.1, 0.15) is 5.75 Å². The van der Waals surface area contributed by atoms with E-state index in [0.717, 1.165) is 16.5 Å². The van der Waals surface area contributed by atoms with E-state index < -0.39 is 12.7 Å². The lowest BCUT2D eigenvalue weighted by Gasteiger charge is -2.16. The van der Waals surface area contributed by atoms with E-state index >= 15 is 0 Å². The Morgan fingerprint density at radius 2 is 1.87 bits per heavy atom. The summed E-state index contributed by atoms with van der Waals surface area (Å²) in [6, 6.07) is 15.7. The summed E-state index contributed by atoms with van der Waals surface area (Å²) < 4.78 is 28.8. The fourth-order valence-electron chi connectivity index (χ4n) is 2.98. The van der Waals surface area contributed by atoms with Gasteiger partial charge in [0.15, 0.2) is 5.96 Å². The highest BCUT2D eigenvalue weighted by Crippen LogP contribution is 2.19. The van der Waals surface area contributed by atoms with Gasteiger partial charge in [0.25, 0.3) is 0 Å². The van der Waals surface area contributed by atoms with Crippen LogP contribution in [0.15, 0.2) is 65.8 Å². The van der Waals surface area contributed by atoms with Gasteiger partial charge in [-0.2, -0.15) is 8.78 Å². The number of halogens is 2. The summed E-state index contributed by atoms with van der Waals surface area (Å²) in [6.07, 6.45) is 0.926. The normalized spacial score (nSPS) is 12.8. The second-order valence-corrected chi connectivity index (χ2v) is 6.53. The summed E-state index contributed by atoms with van der Waals surface area (Å²) in [7, 11) is 0. The largest absolute Gasteiger partial charge is 0.435 e.